The van der Waals surface area contributed by atoms with Gasteiger partial charge in [-0.2, -0.15) is 5.10 Å². The van der Waals surface area contributed by atoms with Crippen LogP contribution in [0.5, 0.6) is 0 Å². The number of nitrogens with one attached hydrogen (secondary N) is 1. The van der Waals surface area contributed by atoms with Crippen LogP contribution < -0.4 is 10.3 Å². The van der Waals surface area contributed by atoms with Gasteiger partial charge in [0.1, 0.15) is 0 Å². The van der Waals surface area contributed by atoms with E-state index in [2.05, 4.69) is 10.5 Å². The van der Waals surface area contributed by atoms with Crippen LogP contribution in [0.4, 0.5) is 5.69 Å². The average molecular weight is 293 g/mol. The van der Waals surface area contributed by atoms with Crippen LogP contribution in [-0.2, 0) is 4.79 Å². The highest BCUT2D eigenvalue weighted by Gasteiger charge is 2.05. The Balaban J connectivity index is 1.76. The number of likely N-dealkylation sites (N-methyl/N-ethyl adjacent to an activating group) is 1. The van der Waals surface area contributed by atoms with E-state index < -0.39 is 0 Å². The predicted molar refractivity (Wildman–Crippen MR) is 91.8 cm³/mol. The van der Waals surface area contributed by atoms with E-state index in [0.717, 1.165) is 11.3 Å². The first kappa shape index (κ1) is 15.5. The molecule has 0 aliphatic rings. The summed E-state index contributed by atoms with van der Waals surface area (Å²) < 4.78 is 0. The topological polar surface area (TPSA) is 44.7 Å². The molecule has 0 aliphatic carbocycles. The zero-order chi connectivity index (χ0) is 15.6. The molecule has 0 bridgehead atoms. The van der Waals surface area contributed by atoms with Gasteiger partial charge < -0.3 is 4.90 Å². The molecule has 0 fully saturated rings. The summed E-state index contributed by atoms with van der Waals surface area (Å²) in [5, 5.41) is 3.90. The number of benzene rings is 2. The van der Waals surface area contributed by atoms with Crippen molar-refractivity contribution in [1.29, 1.82) is 0 Å². The first-order valence-corrected chi connectivity index (χ1v) is 7.05. The number of para-hydroxylation sites is 1. The normalized spacial score (nSPS) is 11.0. The number of amides is 1. The maximum atomic E-state index is 11.8. The highest BCUT2D eigenvalue weighted by molar-refractivity contribution is 5.83. The van der Waals surface area contributed by atoms with Crippen molar-refractivity contribution in [1.82, 2.24) is 5.43 Å². The number of hydrogen-bond donors (Lipinski definition) is 1. The third-order valence-corrected chi connectivity index (χ3v) is 3.02. The summed E-state index contributed by atoms with van der Waals surface area (Å²) in [7, 11) is 1.87. The monoisotopic (exact) mass is 293 g/mol. The van der Waals surface area contributed by atoms with Crippen LogP contribution in [0.3, 0.4) is 0 Å². The third kappa shape index (κ3) is 5.25. The van der Waals surface area contributed by atoms with E-state index in [0.29, 0.717) is 0 Å². The van der Waals surface area contributed by atoms with Gasteiger partial charge in [-0.15, -0.1) is 0 Å². The average Bonchev–Trinajstić information content (AvgIpc) is 2.56. The smallest absolute Gasteiger partial charge is 0.259 e. The standard InChI is InChI=1S/C18H19N3O/c1-21(17-12-6-3-7-13-17)15-18(22)20-19-14-8-11-16-9-4-2-5-10-16/h2-14H,15H2,1H3,(H,20,22)/b11-8+,19-14+. The van der Waals surface area contributed by atoms with Gasteiger partial charge in [0.15, 0.2) is 0 Å². The molecular formula is C18H19N3O. The highest BCUT2D eigenvalue weighted by Crippen LogP contribution is 2.09. The summed E-state index contributed by atoms with van der Waals surface area (Å²) in [6.07, 6.45) is 5.27. The van der Waals surface area contributed by atoms with Crippen LogP contribution in [-0.4, -0.2) is 25.7 Å². The molecule has 4 nitrogen and oxygen atoms in total. The lowest BCUT2D eigenvalue weighted by Crippen LogP contribution is -2.32. The molecule has 0 atom stereocenters. The molecule has 4 heteroatoms. The highest BCUT2D eigenvalue weighted by atomic mass is 16.2. The van der Waals surface area contributed by atoms with Crippen molar-refractivity contribution in [3.8, 4) is 0 Å². The number of nitrogens with zero attached hydrogens (tertiary/aromatic N) is 2. The molecule has 2 aromatic rings. The number of hydrogen-bond acceptors (Lipinski definition) is 3. The molecule has 0 aromatic heterocycles. The van der Waals surface area contributed by atoms with Crippen molar-refractivity contribution in [2.45, 2.75) is 0 Å². The minimum atomic E-state index is -0.157. The molecule has 0 heterocycles. The number of hydrazone groups is 1. The van der Waals surface area contributed by atoms with Crippen molar-refractivity contribution >= 4 is 23.9 Å². The van der Waals surface area contributed by atoms with E-state index in [9.17, 15) is 4.79 Å². The quantitative estimate of drug-likeness (QED) is 0.657. The van der Waals surface area contributed by atoms with Gasteiger partial charge in [0.2, 0.25) is 0 Å². The molecule has 22 heavy (non-hydrogen) atoms. The maximum absolute atomic E-state index is 11.8. The van der Waals surface area contributed by atoms with E-state index in [1.807, 2.05) is 78.7 Å². The number of carbonyl (C=O) groups excluding carboxylic acids is 1. The lowest BCUT2D eigenvalue weighted by Gasteiger charge is -2.17. The lowest BCUT2D eigenvalue weighted by molar-refractivity contribution is -0.119. The molecule has 0 spiro atoms. The van der Waals surface area contributed by atoms with Crippen molar-refractivity contribution in [3.63, 3.8) is 0 Å². The van der Waals surface area contributed by atoms with Crippen molar-refractivity contribution in [2.75, 3.05) is 18.5 Å². The summed E-state index contributed by atoms with van der Waals surface area (Å²) in [5.74, 6) is -0.157. The Morgan fingerprint density at radius 2 is 1.73 bits per heavy atom. The maximum Gasteiger partial charge on any atom is 0.259 e. The number of anilines is 1. The van der Waals surface area contributed by atoms with E-state index in [-0.39, 0.29) is 12.5 Å². The van der Waals surface area contributed by atoms with Crippen LogP contribution in [0.15, 0.2) is 71.8 Å². The molecule has 2 aromatic carbocycles. The molecule has 1 N–H and O–H groups in total. The van der Waals surface area contributed by atoms with Crippen molar-refractivity contribution in [2.24, 2.45) is 5.10 Å². The molecule has 1 amide bonds. The molecule has 0 radical (unpaired) electrons. The Morgan fingerprint density at radius 1 is 1.09 bits per heavy atom. The van der Waals surface area contributed by atoms with Gasteiger partial charge in [0.05, 0.1) is 6.54 Å². The lowest BCUT2D eigenvalue weighted by atomic mass is 10.2. The molecule has 0 saturated heterocycles. The van der Waals surface area contributed by atoms with Gasteiger partial charge in [-0.3, -0.25) is 4.79 Å². The third-order valence-electron chi connectivity index (χ3n) is 3.02. The number of allylic oxidation sites excluding steroid dienone is 1. The Morgan fingerprint density at radius 3 is 2.41 bits per heavy atom. The SMILES string of the molecule is CN(CC(=O)N/N=C/C=C/c1ccccc1)c1ccccc1. The van der Waals surface area contributed by atoms with Crippen molar-refractivity contribution < 1.29 is 4.79 Å². The van der Waals surface area contributed by atoms with Crippen LogP contribution in [0, 0.1) is 0 Å². The van der Waals surface area contributed by atoms with E-state index in [4.69, 9.17) is 0 Å². The first-order valence-electron chi connectivity index (χ1n) is 7.05. The first-order chi connectivity index (χ1) is 10.8. The molecule has 0 saturated carbocycles. The molecule has 112 valence electrons. The van der Waals surface area contributed by atoms with Crippen LogP contribution in [0.2, 0.25) is 0 Å². The fourth-order valence-corrected chi connectivity index (χ4v) is 1.90. The summed E-state index contributed by atoms with van der Waals surface area (Å²) >= 11 is 0. The summed E-state index contributed by atoms with van der Waals surface area (Å²) in [4.78, 5) is 13.6. The van der Waals surface area contributed by atoms with Gasteiger partial charge in [-0.25, -0.2) is 5.43 Å². The Hall–Kier alpha value is -2.88. The van der Waals surface area contributed by atoms with Gasteiger partial charge in [0, 0.05) is 18.9 Å². The van der Waals surface area contributed by atoms with E-state index >= 15 is 0 Å². The summed E-state index contributed by atoms with van der Waals surface area (Å²) in [6, 6.07) is 19.6. The second-order valence-electron chi connectivity index (χ2n) is 4.77. The fraction of sp³-hybridized carbons (Fsp3) is 0.111. The van der Waals surface area contributed by atoms with Crippen molar-refractivity contribution in [3.05, 3.63) is 72.3 Å². The Bertz CT molecular complexity index is 636. The van der Waals surface area contributed by atoms with Crippen LogP contribution in [0.25, 0.3) is 6.08 Å². The Labute approximate surface area is 130 Å². The van der Waals surface area contributed by atoms with Crippen LogP contribution in [0.1, 0.15) is 5.56 Å². The van der Waals surface area contributed by atoms with Gasteiger partial charge >= 0.3 is 0 Å². The minimum absolute atomic E-state index is 0.157. The van der Waals surface area contributed by atoms with Crippen LogP contribution >= 0.6 is 0 Å². The van der Waals surface area contributed by atoms with Gasteiger partial charge in [0.25, 0.3) is 5.91 Å². The zero-order valence-electron chi connectivity index (χ0n) is 12.5. The second kappa shape index (κ2) is 8.42. The Kier molecular flexibility index (Phi) is 5.93. The van der Waals surface area contributed by atoms with Gasteiger partial charge in [-0.05, 0) is 23.8 Å². The predicted octanol–water partition coefficient (Wildman–Crippen LogP) is 2.94. The van der Waals surface area contributed by atoms with E-state index in [1.165, 1.54) is 0 Å². The number of carbonyl (C=O) groups is 1. The number of rotatable bonds is 6. The molecule has 2 rings (SSSR count). The molecule has 0 unspecified atom stereocenters. The fourth-order valence-electron chi connectivity index (χ4n) is 1.90. The zero-order valence-corrected chi connectivity index (χ0v) is 12.5. The van der Waals surface area contributed by atoms with E-state index in [1.54, 1.807) is 12.3 Å². The summed E-state index contributed by atoms with van der Waals surface area (Å²) in [6.45, 7) is 0.254. The molecular weight excluding hydrogens is 274 g/mol. The summed E-state index contributed by atoms with van der Waals surface area (Å²) in [5.41, 5.74) is 4.59. The van der Waals surface area contributed by atoms with Gasteiger partial charge in [-0.1, -0.05) is 54.6 Å². The second-order valence-corrected chi connectivity index (χ2v) is 4.77. The minimum Gasteiger partial charge on any atom is -0.365 e. The largest absolute Gasteiger partial charge is 0.365 e. The molecule has 0 aliphatic heterocycles.